The summed E-state index contributed by atoms with van der Waals surface area (Å²) >= 11 is 5.65. The maximum absolute atomic E-state index is 12.0. The summed E-state index contributed by atoms with van der Waals surface area (Å²) in [4.78, 5) is 25.8. The maximum atomic E-state index is 12.0. The molecule has 0 fully saturated rings. The van der Waals surface area contributed by atoms with Gasteiger partial charge in [-0.05, 0) is 12.0 Å². The molecule has 0 atom stereocenters. The Morgan fingerprint density at radius 1 is 1.53 bits per heavy atom. The summed E-state index contributed by atoms with van der Waals surface area (Å²) < 4.78 is 0. The molecule has 0 aliphatic heterocycles. The van der Waals surface area contributed by atoms with Crippen LogP contribution in [0.15, 0.2) is 12.3 Å². The molecule has 104 valence electrons. The average molecular weight is 286 g/mol. The zero-order valence-electron chi connectivity index (χ0n) is 10.9. The number of pyridine rings is 1. The number of amides is 1. The van der Waals surface area contributed by atoms with E-state index in [0.717, 1.165) is 12.8 Å². The van der Waals surface area contributed by atoms with Gasteiger partial charge in [0.15, 0.2) is 0 Å². The molecule has 0 bridgehead atoms. The van der Waals surface area contributed by atoms with Gasteiger partial charge in [-0.15, -0.1) is 0 Å². The van der Waals surface area contributed by atoms with Gasteiger partial charge >= 0.3 is 5.69 Å². The number of nitro groups is 1. The largest absolute Gasteiger partial charge is 0.352 e. The third-order valence-corrected chi connectivity index (χ3v) is 3.29. The van der Waals surface area contributed by atoms with Crippen LogP contribution in [0.25, 0.3) is 0 Å². The van der Waals surface area contributed by atoms with Gasteiger partial charge in [0, 0.05) is 12.7 Å². The molecule has 0 unspecified atom stereocenters. The summed E-state index contributed by atoms with van der Waals surface area (Å²) in [5, 5.41) is 13.3. The number of nitrogens with zero attached hydrogens (tertiary/aromatic N) is 2. The summed E-state index contributed by atoms with van der Waals surface area (Å²) in [6.07, 6.45) is 3.16. The Kier molecular flexibility index (Phi) is 5.69. The molecule has 1 aromatic heterocycles. The second-order valence-corrected chi connectivity index (χ2v) is 4.51. The fourth-order valence-corrected chi connectivity index (χ4v) is 1.92. The van der Waals surface area contributed by atoms with Crippen LogP contribution in [0.5, 0.6) is 0 Å². The van der Waals surface area contributed by atoms with Gasteiger partial charge in [0.25, 0.3) is 5.91 Å². The van der Waals surface area contributed by atoms with Crippen molar-refractivity contribution < 1.29 is 9.72 Å². The first kappa shape index (κ1) is 15.4. The SMILES string of the molecule is CCC(CC)CNC(=O)c1ccnc(Cl)c1[N+](=O)[O-]. The Hall–Kier alpha value is -1.69. The van der Waals surface area contributed by atoms with E-state index in [-0.39, 0.29) is 10.7 Å². The van der Waals surface area contributed by atoms with Crippen molar-refractivity contribution in [2.45, 2.75) is 26.7 Å². The van der Waals surface area contributed by atoms with Gasteiger partial charge in [-0.2, -0.15) is 0 Å². The molecule has 1 rings (SSSR count). The molecule has 0 aliphatic rings. The smallest absolute Gasteiger partial charge is 0.319 e. The molecule has 0 aliphatic carbocycles. The molecule has 0 aromatic carbocycles. The van der Waals surface area contributed by atoms with Crippen LogP contribution in [-0.2, 0) is 0 Å². The van der Waals surface area contributed by atoms with Gasteiger partial charge in [0.05, 0.1) is 4.92 Å². The lowest BCUT2D eigenvalue weighted by atomic mass is 10.0. The molecule has 1 aromatic rings. The Morgan fingerprint density at radius 2 is 2.16 bits per heavy atom. The van der Waals surface area contributed by atoms with E-state index in [0.29, 0.717) is 12.5 Å². The number of hydrogen-bond acceptors (Lipinski definition) is 4. The van der Waals surface area contributed by atoms with Crippen LogP contribution in [-0.4, -0.2) is 22.4 Å². The molecular weight excluding hydrogens is 270 g/mol. The molecule has 1 heterocycles. The molecule has 1 N–H and O–H groups in total. The van der Waals surface area contributed by atoms with E-state index >= 15 is 0 Å². The zero-order valence-corrected chi connectivity index (χ0v) is 11.6. The average Bonchev–Trinajstić information content (AvgIpc) is 2.38. The summed E-state index contributed by atoms with van der Waals surface area (Å²) in [5.41, 5.74) is -0.512. The Morgan fingerprint density at radius 3 is 2.68 bits per heavy atom. The minimum absolute atomic E-state index is 0.0593. The van der Waals surface area contributed by atoms with Crippen LogP contribution in [0.3, 0.4) is 0 Å². The van der Waals surface area contributed by atoms with Gasteiger partial charge in [0.2, 0.25) is 5.15 Å². The number of carbonyl (C=O) groups excluding carboxylic acids is 1. The lowest BCUT2D eigenvalue weighted by molar-refractivity contribution is -0.385. The molecular formula is C12H16ClN3O3. The van der Waals surface area contributed by atoms with Gasteiger partial charge < -0.3 is 5.32 Å². The molecule has 0 spiro atoms. The first-order valence-electron chi connectivity index (χ1n) is 6.08. The van der Waals surface area contributed by atoms with Crippen molar-refractivity contribution in [1.82, 2.24) is 10.3 Å². The standard InChI is InChI=1S/C12H16ClN3O3/c1-3-8(4-2)7-15-12(17)9-5-6-14-11(13)10(9)16(18)19/h5-6,8H,3-4,7H2,1-2H3,(H,15,17). The highest BCUT2D eigenvalue weighted by molar-refractivity contribution is 6.32. The predicted octanol–water partition coefficient (Wildman–Crippen LogP) is 2.81. The highest BCUT2D eigenvalue weighted by Crippen LogP contribution is 2.25. The van der Waals surface area contributed by atoms with Gasteiger partial charge in [0.1, 0.15) is 5.56 Å². The third kappa shape index (κ3) is 3.89. The van der Waals surface area contributed by atoms with E-state index in [1.807, 2.05) is 13.8 Å². The van der Waals surface area contributed by atoms with Crippen LogP contribution >= 0.6 is 11.6 Å². The van der Waals surface area contributed by atoms with Crippen molar-refractivity contribution in [3.8, 4) is 0 Å². The van der Waals surface area contributed by atoms with Crippen molar-refractivity contribution in [1.29, 1.82) is 0 Å². The second kappa shape index (κ2) is 7.04. The lowest BCUT2D eigenvalue weighted by Gasteiger charge is -2.13. The number of aromatic nitrogens is 1. The van der Waals surface area contributed by atoms with Crippen LogP contribution in [0.1, 0.15) is 37.0 Å². The number of carbonyl (C=O) groups is 1. The van der Waals surface area contributed by atoms with Crippen molar-refractivity contribution in [2.75, 3.05) is 6.54 Å². The van der Waals surface area contributed by atoms with Gasteiger partial charge in [-0.1, -0.05) is 38.3 Å². The minimum Gasteiger partial charge on any atom is -0.352 e. The molecule has 6 nitrogen and oxygen atoms in total. The minimum atomic E-state index is -0.693. The first-order chi connectivity index (χ1) is 9.01. The van der Waals surface area contributed by atoms with Crippen LogP contribution < -0.4 is 5.32 Å². The zero-order chi connectivity index (χ0) is 14.4. The van der Waals surface area contributed by atoms with Crippen LogP contribution in [0, 0.1) is 16.0 Å². The van der Waals surface area contributed by atoms with Crippen molar-refractivity contribution >= 4 is 23.2 Å². The van der Waals surface area contributed by atoms with E-state index in [2.05, 4.69) is 10.3 Å². The normalized spacial score (nSPS) is 10.5. The summed E-state index contributed by atoms with van der Waals surface area (Å²) in [5.74, 6) is -0.136. The maximum Gasteiger partial charge on any atom is 0.319 e. The van der Waals surface area contributed by atoms with E-state index in [4.69, 9.17) is 11.6 Å². The van der Waals surface area contributed by atoms with Crippen LogP contribution in [0.4, 0.5) is 5.69 Å². The number of rotatable bonds is 6. The summed E-state index contributed by atoms with van der Waals surface area (Å²) in [7, 11) is 0. The lowest BCUT2D eigenvalue weighted by Crippen LogP contribution is -2.29. The number of halogens is 1. The summed E-state index contributed by atoms with van der Waals surface area (Å²) in [6.45, 7) is 4.56. The second-order valence-electron chi connectivity index (χ2n) is 4.15. The van der Waals surface area contributed by atoms with E-state index in [9.17, 15) is 14.9 Å². The van der Waals surface area contributed by atoms with Gasteiger partial charge in [-0.3, -0.25) is 14.9 Å². The highest BCUT2D eigenvalue weighted by atomic mass is 35.5. The highest BCUT2D eigenvalue weighted by Gasteiger charge is 2.24. The Labute approximate surface area is 116 Å². The Bertz CT molecular complexity index is 475. The van der Waals surface area contributed by atoms with E-state index in [1.165, 1.54) is 12.3 Å². The number of hydrogen-bond donors (Lipinski definition) is 1. The fraction of sp³-hybridized carbons (Fsp3) is 0.500. The third-order valence-electron chi connectivity index (χ3n) is 3.01. The molecule has 19 heavy (non-hydrogen) atoms. The number of nitrogens with one attached hydrogen (secondary N) is 1. The van der Waals surface area contributed by atoms with Crippen molar-refractivity contribution in [3.63, 3.8) is 0 Å². The van der Waals surface area contributed by atoms with Crippen LogP contribution in [0.2, 0.25) is 5.15 Å². The monoisotopic (exact) mass is 285 g/mol. The molecule has 0 saturated carbocycles. The quantitative estimate of drug-likeness (QED) is 0.495. The topological polar surface area (TPSA) is 85.1 Å². The molecule has 0 radical (unpaired) electrons. The molecule has 1 amide bonds. The van der Waals surface area contributed by atoms with Gasteiger partial charge in [-0.25, -0.2) is 4.98 Å². The fourth-order valence-electron chi connectivity index (χ4n) is 1.69. The molecule has 0 saturated heterocycles. The van der Waals surface area contributed by atoms with Crippen molar-refractivity contribution in [3.05, 3.63) is 33.1 Å². The summed E-state index contributed by atoms with van der Waals surface area (Å²) in [6, 6.07) is 1.30. The predicted molar refractivity (Wildman–Crippen MR) is 72.3 cm³/mol. The van der Waals surface area contributed by atoms with E-state index < -0.39 is 16.5 Å². The first-order valence-corrected chi connectivity index (χ1v) is 6.46. The van der Waals surface area contributed by atoms with E-state index in [1.54, 1.807) is 0 Å². The van der Waals surface area contributed by atoms with Crippen molar-refractivity contribution in [2.24, 2.45) is 5.92 Å². The molecule has 7 heteroatoms. The Balaban J connectivity index is 2.88.